The van der Waals surface area contributed by atoms with Gasteiger partial charge in [0.1, 0.15) is 5.75 Å². The number of methoxy groups -OCH3 is 1. The zero-order chi connectivity index (χ0) is 28.4. The predicted octanol–water partition coefficient (Wildman–Crippen LogP) is 6.60. The lowest BCUT2D eigenvalue weighted by molar-refractivity contribution is -0.129. The van der Waals surface area contributed by atoms with Gasteiger partial charge in [0.15, 0.2) is 0 Å². The largest absolute Gasteiger partial charge is 0.495 e. The first kappa shape index (κ1) is 33.7. The molecule has 0 bridgehead atoms. The molecule has 7 heteroatoms. The molecule has 0 spiro atoms. The van der Waals surface area contributed by atoms with E-state index in [1.165, 1.54) is 0 Å². The van der Waals surface area contributed by atoms with E-state index in [-0.39, 0.29) is 18.4 Å². The summed E-state index contributed by atoms with van der Waals surface area (Å²) in [5.74, 6) is 0.564. The molecule has 3 amide bonds. The molecule has 0 atom stereocenters. The number of rotatable bonds is 10. The Labute approximate surface area is 224 Å². The van der Waals surface area contributed by atoms with Crippen LogP contribution in [0.1, 0.15) is 52.2 Å². The number of hydrogen-bond donors (Lipinski definition) is 2. The molecule has 0 aliphatic heterocycles. The van der Waals surface area contributed by atoms with Crippen LogP contribution < -0.4 is 15.4 Å². The average Bonchev–Trinajstić information content (AvgIpc) is 2.87. The number of hydrogen-bond acceptors (Lipinski definition) is 4. The topological polar surface area (TPSA) is 73.9 Å². The van der Waals surface area contributed by atoms with Crippen LogP contribution in [0.2, 0.25) is 0 Å². The molecular formula is C30H48N4O3. The molecule has 0 radical (unpaired) electrons. The van der Waals surface area contributed by atoms with Crippen LogP contribution in [0, 0.1) is 6.92 Å². The maximum absolute atomic E-state index is 12.6. The van der Waals surface area contributed by atoms with Crippen molar-refractivity contribution in [3.05, 3.63) is 66.2 Å². The minimum Gasteiger partial charge on any atom is -0.495 e. The second-order valence-corrected chi connectivity index (χ2v) is 8.76. The van der Waals surface area contributed by atoms with Gasteiger partial charge in [-0.3, -0.25) is 4.79 Å². The normalized spacial score (nSPS) is 9.92. The van der Waals surface area contributed by atoms with Crippen LogP contribution in [0.25, 0.3) is 0 Å². The Morgan fingerprint density at radius 1 is 1.03 bits per heavy atom. The van der Waals surface area contributed by atoms with Gasteiger partial charge in [0.25, 0.3) is 0 Å². The van der Waals surface area contributed by atoms with Gasteiger partial charge in [0, 0.05) is 25.3 Å². The van der Waals surface area contributed by atoms with E-state index >= 15 is 0 Å². The van der Waals surface area contributed by atoms with Crippen molar-refractivity contribution in [1.29, 1.82) is 0 Å². The second-order valence-electron chi connectivity index (χ2n) is 8.76. The van der Waals surface area contributed by atoms with E-state index in [0.717, 1.165) is 29.8 Å². The molecule has 0 unspecified atom stereocenters. The monoisotopic (exact) mass is 512 g/mol. The van der Waals surface area contributed by atoms with Crippen LogP contribution in [-0.4, -0.2) is 62.1 Å². The SMILES string of the molecule is C=CC.CC.COc1cc(CC(=O)N(C)CCCN(C)C(C)C)ccc1NC(=O)Nc1ccccc1C. The number of carbonyl (C=O) groups is 2. The van der Waals surface area contributed by atoms with E-state index in [2.05, 4.69) is 43.0 Å². The zero-order valence-corrected chi connectivity index (χ0v) is 24.4. The van der Waals surface area contributed by atoms with E-state index in [9.17, 15) is 9.59 Å². The van der Waals surface area contributed by atoms with Crippen LogP contribution >= 0.6 is 0 Å². The summed E-state index contributed by atoms with van der Waals surface area (Å²) in [5.41, 5.74) is 3.10. The Morgan fingerprint density at radius 3 is 2.19 bits per heavy atom. The third-order valence-electron chi connectivity index (χ3n) is 5.57. The molecule has 2 rings (SSSR count). The number of urea groups is 1. The molecule has 0 heterocycles. The van der Waals surface area contributed by atoms with Gasteiger partial charge in [-0.2, -0.15) is 0 Å². The maximum Gasteiger partial charge on any atom is 0.323 e. The fourth-order valence-corrected chi connectivity index (χ4v) is 3.19. The summed E-state index contributed by atoms with van der Waals surface area (Å²) in [7, 11) is 5.47. The van der Waals surface area contributed by atoms with Crippen molar-refractivity contribution in [1.82, 2.24) is 9.80 Å². The smallest absolute Gasteiger partial charge is 0.323 e. The molecule has 0 saturated heterocycles. The maximum atomic E-state index is 12.6. The molecule has 0 aliphatic carbocycles. The third-order valence-corrected chi connectivity index (χ3v) is 5.57. The van der Waals surface area contributed by atoms with Crippen LogP contribution in [0.3, 0.4) is 0 Å². The molecule has 206 valence electrons. The van der Waals surface area contributed by atoms with Crippen molar-refractivity contribution in [3.63, 3.8) is 0 Å². The first-order valence-electron chi connectivity index (χ1n) is 12.9. The van der Waals surface area contributed by atoms with Gasteiger partial charge in [-0.05, 0) is 77.0 Å². The predicted molar refractivity (Wildman–Crippen MR) is 158 cm³/mol. The Hall–Kier alpha value is -3.32. The summed E-state index contributed by atoms with van der Waals surface area (Å²) < 4.78 is 5.44. The number of nitrogens with one attached hydrogen (secondary N) is 2. The molecule has 0 aliphatic rings. The molecule has 37 heavy (non-hydrogen) atoms. The van der Waals surface area contributed by atoms with Crippen molar-refractivity contribution in [2.45, 2.75) is 60.4 Å². The summed E-state index contributed by atoms with van der Waals surface area (Å²) in [6.07, 6.45) is 2.96. The summed E-state index contributed by atoms with van der Waals surface area (Å²) in [6.45, 7) is 17.2. The van der Waals surface area contributed by atoms with Crippen molar-refractivity contribution >= 4 is 23.3 Å². The van der Waals surface area contributed by atoms with Crippen LogP contribution in [0.4, 0.5) is 16.2 Å². The van der Waals surface area contributed by atoms with Gasteiger partial charge < -0.3 is 25.2 Å². The number of nitrogens with zero attached hydrogens (tertiary/aromatic N) is 2. The van der Waals surface area contributed by atoms with Crippen molar-refractivity contribution in [2.24, 2.45) is 0 Å². The quantitative estimate of drug-likeness (QED) is 0.352. The van der Waals surface area contributed by atoms with Crippen molar-refractivity contribution in [3.8, 4) is 5.75 Å². The molecule has 2 aromatic carbocycles. The Morgan fingerprint density at radius 2 is 1.62 bits per heavy atom. The lowest BCUT2D eigenvalue weighted by Gasteiger charge is -2.23. The lowest BCUT2D eigenvalue weighted by atomic mass is 10.1. The molecule has 0 fully saturated rings. The van der Waals surface area contributed by atoms with Crippen LogP contribution in [0.5, 0.6) is 5.75 Å². The molecule has 7 nitrogen and oxygen atoms in total. The lowest BCUT2D eigenvalue weighted by Crippen LogP contribution is -2.33. The molecule has 0 aromatic heterocycles. The number of likely N-dealkylation sites (N-methyl/N-ethyl adjacent to an activating group) is 1. The zero-order valence-electron chi connectivity index (χ0n) is 24.4. The fraction of sp³-hybridized carbons (Fsp3) is 0.467. The highest BCUT2D eigenvalue weighted by Gasteiger charge is 2.14. The molecule has 2 N–H and O–H groups in total. The number of anilines is 2. The minimum absolute atomic E-state index is 0.0530. The summed E-state index contributed by atoms with van der Waals surface area (Å²) in [5, 5.41) is 5.65. The highest BCUT2D eigenvalue weighted by atomic mass is 16.5. The first-order valence-corrected chi connectivity index (χ1v) is 12.9. The minimum atomic E-state index is -0.354. The number of amides is 3. The standard InChI is InChI=1S/C25H36N4O3.C3H6.C2H6/c1-18(2)28(4)14-9-15-29(5)24(30)17-20-12-13-22(23(16-20)32-6)27-25(31)26-21-11-8-7-10-19(21)3;1-3-2;1-2/h7-8,10-13,16,18H,9,14-15,17H2,1-6H3,(H2,26,27,31);3H,1H2,2H3;1-2H3. The number of aryl methyl sites for hydroxylation is 1. The number of benzene rings is 2. The highest BCUT2D eigenvalue weighted by molar-refractivity contribution is 6.01. The van der Waals surface area contributed by atoms with E-state index < -0.39 is 0 Å². The average molecular weight is 513 g/mol. The van der Waals surface area contributed by atoms with Gasteiger partial charge in [0.05, 0.1) is 19.2 Å². The molecular weight excluding hydrogens is 464 g/mol. The van der Waals surface area contributed by atoms with Crippen molar-refractivity contribution in [2.75, 3.05) is 44.9 Å². The van der Waals surface area contributed by atoms with Gasteiger partial charge in [0.2, 0.25) is 5.91 Å². The number of ether oxygens (including phenoxy) is 1. The Bertz CT molecular complexity index is 960. The van der Waals surface area contributed by atoms with E-state index in [1.54, 1.807) is 30.2 Å². The van der Waals surface area contributed by atoms with E-state index in [1.807, 2.05) is 65.1 Å². The highest BCUT2D eigenvalue weighted by Crippen LogP contribution is 2.26. The molecule has 2 aromatic rings. The van der Waals surface area contributed by atoms with Crippen LogP contribution in [0.15, 0.2) is 55.1 Å². The fourth-order valence-electron chi connectivity index (χ4n) is 3.19. The second kappa shape index (κ2) is 18.9. The number of carbonyl (C=O) groups excluding carboxylic acids is 2. The summed E-state index contributed by atoms with van der Waals surface area (Å²) in [6, 6.07) is 13.1. The third kappa shape index (κ3) is 13.0. The van der Waals surface area contributed by atoms with Crippen LogP contribution in [-0.2, 0) is 11.2 Å². The Kier molecular flexibility index (Phi) is 17.2. The van der Waals surface area contributed by atoms with E-state index in [4.69, 9.17) is 4.74 Å². The van der Waals surface area contributed by atoms with Gasteiger partial charge in [-0.15, -0.1) is 6.58 Å². The van der Waals surface area contributed by atoms with Crippen molar-refractivity contribution < 1.29 is 14.3 Å². The van der Waals surface area contributed by atoms with Gasteiger partial charge >= 0.3 is 6.03 Å². The van der Waals surface area contributed by atoms with E-state index in [0.29, 0.717) is 24.0 Å². The summed E-state index contributed by atoms with van der Waals surface area (Å²) >= 11 is 0. The number of para-hydroxylation sites is 1. The van der Waals surface area contributed by atoms with Gasteiger partial charge in [-0.25, -0.2) is 4.79 Å². The Balaban J connectivity index is 0.00000241. The first-order chi connectivity index (χ1) is 17.6. The summed E-state index contributed by atoms with van der Waals surface area (Å²) in [4.78, 5) is 29.0. The van der Waals surface area contributed by atoms with Gasteiger partial charge in [-0.1, -0.05) is 44.2 Å². The number of allylic oxidation sites excluding steroid dienone is 1. The molecule has 0 saturated carbocycles.